The molecule has 0 aliphatic carbocycles. The Balaban J connectivity index is 1.67. The van der Waals surface area contributed by atoms with E-state index in [0.717, 1.165) is 41.7 Å². The first-order chi connectivity index (χ1) is 15.6. The molecule has 5 rings (SSSR count). The van der Waals surface area contributed by atoms with E-state index >= 15 is 0 Å². The number of nitrogens with zero attached hydrogens (tertiary/aromatic N) is 6. The van der Waals surface area contributed by atoms with Crippen LogP contribution in [0.1, 0.15) is 30.9 Å². The van der Waals surface area contributed by atoms with Gasteiger partial charge in [0.25, 0.3) is 5.56 Å². The van der Waals surface area contributed by atoms with Crippen LogP contribution < -0.4 is 16.2 Å². The van der Waals surface area contributed by atoms with E-state index in [0.29, 0.717) is 36.2 Å². The Morgan fingerprint density at radius 2 is 2.09 bits per heavy atom. The summed E-state index contributed by atoms with van der Waals surface area (Å²) in [5, 5.41) is 11.0. The summed E-state index contributed by atoms with van der Waals surface area (Å²) in [6.07, 6.45) is 5.24. The van der Waals surface area contributed by atoms with Crippen molar-refractivity contribution in [1.29, 1.82) is 5.26 Å². The van der Waals surface area contributed by atoms with Gasteiger partial charge in [-0.1, -0.05) is 18.2 Å². The number of pyridine rings is 1. The molecular weight excluding hydrogens is 402 g/mol. The summed E-state index contributed by atoms with van der Waals surface area (Å²) in [5.41, 5.74) is 9.33. The molecule has 1 aromatic carbocycles. The lowest BCUT2D eigenvalue weighted by Gasteiger charge is -2.33. The van der Waals surface area contributed by atoms with Crippen molar-refractivity contribution >= 4 is 27.8 Å². The van der Waals surface area contributed by atoms with Gasteiger partial charge in [-0.3, -0.25) is 14.3 Å². The molecule has 0 bridgehead atoms. The molecule has 0 saturated carbocycles. The summed E-state index contributed by atoms with van der Waals surface area (Å²) >= 11 is 0. The van der Waals surface area contributed by atoms with Crippen LogP contribution >= 0.6 is 0 Å². The van der Waals surface area contributed by atoms with Crippen LogP contribution in [-0.4, -0.2) is 38.2 Å². The third-order valence-electron chi connectivity index (χ3n) is 6.27. The Morgan fingerprint density at radius 1 is 1.25 bits per heavy atom. The van der Waals surface area contributed by atoms with Crippen molar-refractivity contribution in [3.05, 3.63) is 64.3 Å². The predicted molar refractivity (Wildman–Crippen MR) is 125 cm³/mol. The molecule has 1 saturated heterocycles. The molecule has 162 valence electrons. The zero-order chi connectivity index (χ0) is 22.2. The van der Waals surface area contributed by atoms with E-state index in [1.54, 1.807) is 17.1 Å². The van der Waals surface area contributed by atoms with Gasteiger partial charge in [-0.05, 0) is 37.5 Å². The van der Waals surface area contributed by atoms with Gasteiger partial charge < -0.3 is 15.2 Å². The highest BCUT2D eigenvalue weighted by atomic mass is 16.1. The number of fused-ring (bicyclic) bond motifs is 2. The van der Waals surface area contributed by atoms with E-state index in [-0.39, 0.29) is 11.6 Å². The first-order valence-electron chi connectivity index (χ1n) is 11.0. The van der Waals surface area contributed by atoms with Crippen LogP contribution in [0.4, 0.5) is 5.82 Å². The summed E-state index contributed by atoms with van der Waals surface area (Å²) in [6, 6.07) is 12.2. The summed E-state index contributed by atoms with van der Waals surface area (Å²) in [7, 11) is 0. The molecule has 1 aliphatic heterocycles. The number of benzene rings is 1. The minimum Gasteiger partial charge on any atom is -0.355 e. The number of para-hydroxylation sites is 1. The first kappa shape index (κ1) is 20.2. The number of hydrogen-bond donors (Lipinski definition) is 1. The Kier molecular flexibility index (Phi) is 5.11. The minimum absolute atomic E-state index is 0.0585. The number of nitriles is 1. The number of hydrogen-bond acceptors (Lipinski definition) is 6. The average molecular weight is 428 g/mol. The zero-order valence-electron chi connectivity index (χ0n) is 18.0. The molecule has 4 aromatic rings. The van der Waals surface area contributed by atoms with Gasteiger partial charge >= 0.3 is 0 Å². The van der Waals surface area contributed by atoms with Gasteiger partial charge in [-0.25, -0.2) is 4.98 Å². The molecule has 3 aromatic heterocycles. The van der Waals surface area contributed by atoms with E-state index in [4.69, 9.17) is 5.73 Å². The van der Waals surface area contributed by atoms with Gasteiger partial charge in [-0.15, -0.1) is 0 Å². The van der Waals surface area contributed by atoms with Gasteiger partial charge in [0.15, 0.2) is 0 Å². The predicted octanol–water partition coefficient (Wildman–Crippen LogP) is 2.61. The molecule has 0 spiro atoms. The molecule has 0 radical (unpaired) electrons. The maximum atomic E-state index is 13.6. The van der Waals surface area contributed by atoms with Gasteiger partial charge in [-0.2, -0.15) is 5.26 Å². The summed E-state index contributed by atoms with van der Waals surface area (Å²) < 4.78 is 3.55. The SMILES string of the molecule is CCn1c(N2CCC[C@H](N)C2)c(C#N)c2ncn(Cc3ccnc4ccccc34)c(=O)c21. The average Bonchev–Trinajstić information content (AvgIpc) is 3.15. The molecule has 0 amide bonds. The monoisotopic (exact) mass is 427 g/mol. The van der Waals surface area contributed by atoms with Crippen molar-refractivity contribution in [1.82, 2.24) is 19.1 Å². The van der Waals surface area contributed by atoms with Crippen LogP contribution in [0.2, 0.25) is 0 Å². The molecule has 8 heteroatoms. The van der Waals surface area contributed by atoms with E-state index in [1.807, 2.05) is 41.8 Å². The highest BCUT2D eigenvalue weighted by molar-refractivity contribution is 5.89. The number of rotatable bonds is 4. The molecular formula is C24H25N7O. The third-order valence-corrected chi connectivity index (χ3v) is 6.27. The van der Waals surface area contributed by atoms with Crippen molar-refractivity contribution < 1.29 is 0 Å². The quantitative estimate of drug-likeness (QED) is 0.537. The second kappa shape index (κ2) is 8.09. The maximum absolute atomic E-state index is 13.6. The lowest BCUT2D eigenvalue weighted by molar-refractivity contribution is 0.498. The summed E-state index contributed by atoms with van der Waals surface area (Å²) in [5.74, 6) is 0.761. The highest BCUT2D eigenvalue weighted by Gasteiger charge is 2.27. The van der Waals surface area contributed by atoms with Crippen LogP contribution in [0.3, 0.4) is 0 Å². The third kappa shape index (κ3) is 3.22. The molecule has 1 atom stereocenters. The maximum Gasteiger partial charge on any atom is 0.278 e. The second-order valence-electron chi connectivity index (χ2n) is 8.27. The largest absolute Gasteiger partial charge is 0.355 e. The molecule has 0 unspecified atom stereocenters. The topological polar surface area (TPSA) is 106 Å². The molecule has 4 heterocycles. The second-order valence-corrected chi connectivity index (χ2v) is 8.27. The number of piperidine rings is 1. The van der Waals surface area contributed by atoms with Crippen molar-refractivity contribution in [2.24, 2.45) is 5.73 Å². The molecule has 1 aliphatic rings. The van der Waals surface area contributed by atoms with E-state index in [9.17, 15) is 10.1 Å². The number of aryl methyl sites for hydroxylation is 1. The number of anilines is 1. The van der Waals surface area contributed by atoms with Gasteiger partial charge in [0.2, 0.25) is 0 Å². The molecule has 1 fully saturated rings. The molecule has 8 nitrogen and oxygen atoms in total. The Bertz CT molecular complexity index is 1410. The fraction of sp³-hybridized carbons (Fsp3) is 0.333. The van der Waals surface area contributed by atoms with Crippen molar-refractivity contribution in [3.8, 4) is 6.07 Å². The zero-order valence-corrected chi connectivity index (χ0v) is 18.0. The lowest BCUT2D eigenvalue weighted by atomic mass is 10.1. The van der Waals surface area contributed by atoms with E-state index in [2.05, 4.69) is 20.9 Å². The van der Waals surface area contributed by atoms with Crippen LogP contribution in [-0.2, 0) is 13.1 Å². The first-order valence-corrected chi connectivity index (χ1v) is 11.0. The van der Waals surface area contributed by atoms with Crippen LogP contribution in [0, 0.1) is 11.3 Å². The standard InChI is InChI=1S/C24H25N7O/c1-2-31-22-21(19(12-25)23(31)29-11-5-6-17(26)14-29)28-15-30(24(22)32)13-16-9-10-27-20-8-4-3-7-18(16)20/h3-4,7-10,15,17H,2,5-6,11,13-14,26H2,1H3/t17-/m0/s1. The molecule has 2 N–H and O–H groups in total. The van der Waals surface area contributed by atoms with E-state index in [1.165, 1.54) is 0 Å². The van der Waals surface area contributed by atoms with Crippen molar-refractivity contribution in [2.75, 3.05) is 18.0 Å². The number of aromatic nitrogens is 4. The van der Waals surface area contributed by atoms with Crippen molar-refractivity contribution in [2.45, 2.75) is 38.9 Å². The van der Waals surface area contributed by atoms with Gasteiger partial charge in [0.05, 0.1) is 18.4 Å². The normalized spacial score (nSPS) is 16.5. The lowest BCUT2D eigenvalue weighted by Crippen LogP contribution is -2.44. The summed E-state index contributed by atoms with van der Waals surface area (Å²) in [6.45, 7) is 4.42. The van der Waals surface area contributed by atoms with Crippen molar-refractivity contribution in [3.63, 3.8) is 0 Å². The van der Waals surface area contributed by atoms with Crippen LogP contribution in [0.15, 0.2) is 47.7 Å². The number of nitrogens with two attached hydrogens (primary N) is 1. The Labute approximate surface area is 185 Å². The molecule has 32 heavy (non-hydrogen) atoms. The van der Waals surface area contributed by atoms with Gasteiger partial charge in [0, 0.05) is 37.3 Å². The Morgan fingerprint density at radius 3 is 2.88 bits per heavy atom. The summed E-state index contributed by atoms with van der Waals surface area (Å²) in [4.78, 5) is 24.7. The smallest absolute Gasteiger partial charge is 0.278 e. The van der Waals surface area contributed by atoms with Crippen LogP contribution in [0.5, 0.6) is 0 Å². The van der Waals surface area contributed by atoms with Crippen LogP contribution in [0.25, 0.3) is 21.9 Å². The Hall–Kier alpha value is -3.70. The van der Waals surface area contributed by atoms with E-state index < -0.39 is 0 Å². The fourth-order valence-corrected chi connectivity index (χ4v) is 4.78. The minimum atomic E-state index is -0.151. The fourth-order valence-electron chi connectivity index (χ4n) is 4.78. The van der Waals surface area contributed by atoms with Gasteiger partial charge in [0.1, 0.15) is 28.5 Å². The highest BCUT2D eigenvalue weighted by Crippen LogP contribution is 2.31.